The summed E-state index contributed by atoms with van der Waals surface area (Å²) in [6.45, 7) is 1.96. The van der Waals surface area contributed by atoms with E-state index in [-0.39, 0.29) is 5.78 Å². The molecule has 0 amide bonds. The molecule has 15 heavy (non-hydrogen) atoms. The number of rotatable bonds is 3. The first-order chi connectivity index (χ1) is 7.25. The number of carbonyl (C=O) groups excluding carboxylic acids is 1. The average molecular weight is 217 g/mol. The maximum Gasteiger partial charge on any atom is 0.185 e. The average Bonchev–Trinajstić information content (AvgIpc) is 2.71. The van der Waals surface area contributed by atoms with Crippen molar-refractivity contribution in [2.45, 2.75) is 13.3 Å². The summed E-state index contributed by atoms with van der Waals surface area (Å²) in [5.74, 6) is 0.0772. The van der Waals surface area contributed by atoms with Gasteiger partial charge in [-0.2, -0.15) is 11.3 Å². The van der Waals surface area contributed by atoms with E-state index in [0.29, 0.717) is 12.1 Å². The molecule has 0 saturated carbocycles. The van der Waals surface area contributed by atoms with E-state index in [1.807, 2.05) is 29.8 Å². The third-order valence-electron chi connectivity index (χ3n) is 2.14. The van der Waals surface area contributed by atoms with Crippen LogP contribution >= 0.6 is 11.3 Å². The summed E-state index contributed by atoms with van der Waals surface area (Å²) in [7, 11) is 0. The molecule has 0 radical (unpaired) electrons. The zero-order valence-corrected chi connectivity index (χ0v) is 9.25. The first-order valence-corrected chi connectivity index (χ1v) is 5.67. The molecule has 0 unspecified atom stereocenters. The van der Waals surface area contributed by atoms with Crippen molar-refractivity contribution in [3.8, 4) is 0 Å². The first-order valence-electron chi connectivity index (χ1n) is 4.72. The largest absolute Gasteiger partial charge is 0.292 e. The number of nitrogens with zero attached hydrogens (tertiary/aromatic N) is 1. The molecule has 0 aromatic carbocycles. The molecular formula is C12H11NOS. The topological polar surface area (TPSA) is 30.0 Å². The highest BCUT2D eigenvalue weighted by Crippen LogP contribution is 2.10. The van der Waals surface area contributed by atoms with E-state index in [2.05, 4.69) is 4.98 Å². The summed E-state index contributed by atoms with van der Waals surface area (Å²) in [6.07, 6.45) is 2.17. The molecule has 2 aromatic rings. The van der Waals surface area contributed by atoms with Gasteiger partial charge in [0.15, 0.2) is 5.78 Å². The Morgan fingerprint density at radius 2 is 2.27 bits per heavy atom. The van der Waals surface area contributed by atoms with E-state index in [1.54, 1.807) is 23.6 Å². The summed E-state index contributed by atoms with van der Waals surface area (Å²) >= 11 is 1.61. The van der Waals surface area contributed by atoms with E-state index >= 15 is 0 Å². The van der Waals surface area contributed by atoms with Crippen LogP contribution in [-0.2, 0) is 6.42 Å². The smallest absolute Gasteiger partial charge is 0.185 e. The van der Waals surface area contributed by atoms with Crippen LogP contribution in [0, 0.1) is 6.92 Å². The number of hydrogen-bond donors (Lipinski definition) is 0. The standard InChI is InChI=1S/C12H11NOS/c1-9-2-3-11(13-7-9)12(14)6-10-4-5-15-8-10/h2-5,7-8H,6H2,1H3. The van der Waals surface area contributed by atoms with Gasteiger partial charge in [0.25, 0.3) is 0 Å². The monoisotopic (exact) mass is 217 g/mol. The highest BCUT2D eigenvalue weighted by molar-refractivity contribution is 7.08. The molecule has 76 valence electrons. The van der Waals surface area contributed by atoms with Crippen molar-refractivity contribution >= 4 is 17.1 Å². The number of Topliss-reactive ketones (excluding diaryl/α,β-unsaturated/α-hetero) is 1. The lowest BCUT2D eigenvalue weighted by molar-refractivity contribution is 0.0988. The quantitative estimate of drug-likeness (QED) is 0.740. The number of aromatic nitrogens is 1. The third-order valence-corrected chi connectivity index (χ3v) is 2.87. The molecule has 2 rings (SSSR count). The molecule has 3 heteroatoms. The minimum absolute atomic E-state index is 0.0772. The van der Waals surface area contributed by atoms with Gasteiger partial charge in [0, 0.05) is 12.6 Å². The van der Waals surface area contributed by atoms with Gasteiger partial charge in [-0.15, -0.1) is 0 Å². The maximum atomic E-state index is 11.8. The first kappa shape index (κ1) is 10.1. The molecule has 0 atom stereocenters. The van der Waals surface area contributed by atoms with Gasteiger partial charge in [-0.05, 0) is 40.9 Å². The van der Waals surface area contributed by atoms with Crippen molar-refractivity contribution in [3.63, 3.8) is 0 Å². The van der Waals surface area contributed by atoms with Crippen LogP contribution in [0.3, 0.4) is 0 Å². The lowest BCUT2D eigenvalue weighted by Crippen LogP contribution is -2.05. The molecule has 0 aliphatic heterocycles. The van der Waals surface area contributed by atoms with Gasteiger partial charge < -0.3 is 0 Å². The van der Waals surface area contributed by atoms with Crippen LogP contribution in [0.15, 0.2) is 35.2 Å². The van der Waals surface area contributed by atoms with E-state index in [1.165, 1.54) is 0 Å². The van der Waals surface area contributed by atoms with Crippen LogP contribution in [0.1, 0.15) is 21.6 Å². The Labute approximate surface area is 92.6 Å². The Morgan fingerprint density at radius 1 is 1.40 bits per heavy atom. The summed E-state index contributed by atoms with van der Waals surface area (Å²) in [6, 6.07) is 5.66. The van der Waals surface area contributed by atoms with Gasteiger partial charge in [0.2, 0.25) is 0 Å². The van der Waals surface area contributed by atoms with Crippen molar-refractivity contribution in [3.05, 3.63) is 52.0 Å². The molecular weight excluding hydrogens is 206 g/mol. The molecule has 0 saturated heterocycles. The summed E-state index contributed by atoms with van der Waals surface area (Å²) in [4.78, 5) is 15.9. The number of hydrogen-bond acceptors (Lipinski definition) is 3. The van der Waals surface area contributed by atoms with Gasteiger partial charge >= 0.3 is 0 Å². The Bertz CT molecular complexity index is 445. The second-order valence-electron chi connectivity index (χ2n) is 3.45. The van der Waals surface area contributed by atoms with Gasteiger partial charge in [-0.3, -0.25) is 9.78 Å². The SMILES string of the molecule is Cc1ccc(C(=O)Cc2ccsc2)nc1. The minimum Gasteiger partial charge on any atom is -0.292 e. The normalized spacial score (nSPS) is 10.2. The zero-order valence-electron chi connectivity index (χ0n) is 8.43. The number of thiophene rings is 1. The molecule has 2 aromatic heterocycles. The van der Waals surface area contributed by atoms with Gasteiger partial charge in [0.05, 0.1) is 0 Å². The van der Waals surface area contributed by atoms with Crippen LogP contribution in [0.25, 0.3) is 0 Å². The van der Waals surface area contributed by atoms with E-state index in [4.69, 9.17) is 0 Å². The molecule has 0 N–H and O–H groups in total. The van der Waals surface area contributed by atoms with E-state index < -0.39 is 0 Å². The fourth-order valence-corrected chi connectivity index (χ4v) is 1.97. The molecule has 0 fully saturated rings. The molecule has 0 spiro atoms. The predicted octanol–water partition coefficient (Wildman–Crippen LogP) is 2.88. The van der Waals surface area contributed by atoms with Crippen molar-refractivity contribution in [1.29, 1.82) is 0 Å². The molecule has 2 nitrogen and oxygen atoms in total. The van der Waals surface area contributed by atoms with Crippen molar-refractivity contribution < 1.29 is 4.79 Å². The number of aryl methyl sites for hydroxylation is 1. The second-order valence-corrected chi connectivity index (χ2v) is 4.23. The summed E-state index contributed by atoms with van der Waals surface area (Å²) in [5.41, 5.74) is 2.68. The van der Waals surface area contributed by atoms with Crippen LogP contribution in [0.2, 0.25) is 0 Å². The van der Waals surface area contributed by atoms with Crippen molar-refractivity contribution in [2.24, 2.45) is 0 Å². The van der Waals surface area contributed by atoms with Gasteiger partial charge in [-0.1, -0.05) is 6.07 Å². The summed E-state index contributed by atoms with van der Waals surface area (Å²) in [5, 5.41) is 3.97. The third kappa shape index (κ3) is 2.50. The van der Waals surface area contributed by atoms with Crippen molar-refractivity contribution in [1.82, 2.24) is 4.98 Å². The second kappa shape index (κ2) is 4.36. The Balaban J connectivity index is 2.11. The van der Waals surface area contributed by atoms with E-state index in [9.17, 15) is 4.79 Å². The highest BCUT2D eigenvalue weighted by Gasteiger charge is 2.07. The lowest BCUT2D eigenvalue weighted by Gasteiger charge is -1.98. The minimum atomic E-state index is 0.0772. The summed E-state index contributed by atoms with van der Waals surface area (Å²) < 4.78 is 0. The lowest BCUT2D eigenvalue weighted by atomic mass is 10.1. The Morgan fingerprint density at radius 3 is 2.87 bits per heavy atom. The van der Waals surface area contributed by atoms with Gasteiger partial charge in [-0.25, -0.2) is 0 Å². The molecule has 2 heterocycles. The molecule has 0 aliphatic rings. The Hall–Kier alpha value is -1.48. The molecule has 0 bridgehead atoms. The fraction of sp³-hybridized carbons (Fsp3) is 0.167. The predicted molar refractivity (Wildman–Crippen MR) is 61.3 cm³/mol. The maximum absolute atomic E-state index is 11.8. The highest BCUT2D eigenvalue weighted by atomic mass is 32.1. The number of carbonyl (C=O) groups is 1. The van der Waals surface area contributed by atoms with Crippen molar-refractivity contribution in [2.75, 3.05) is 0 Å². The van der Waals surface area contributed by atoms with Gasteiger partial charge in [0.1, 0.15) is 5.69 Å². The zero-order chi connectivity index (χ0) is 10.7. The van der Waals surface area contributed by atoms with E-state index in [0.717, 1.165) is 11.1 Å². The van der Waals surface area contributed by atoms with Crippen LogP contribution in [0.4, 0.5) is 0 Å². The van der Waals surface area contributed by atoms with Crippen LogP contribution in [-0.4, -0.2) is 10.8 Å². The fourth-order valence-electron chi connectivity index (χ4n) is 1.30. The molecule has 0 aliphatic carbocycles. The number of pyridine rings is 1. The van der Waals surface area contributed by atoms with Crippen LogP contribution < -0.4 is 0 Å². The number of ketones is 1. The Kier molecular flexibility index (Phi) is 2.92. The van der Waals surface area contributed by atoms with Crippen LogP contribution in [0.5, 0.6) is 0 Å².